The molecule has 0 aromatic carbocycles. The Morgan fingerprint density at radius 3 is 3.00 bits per heavy atom. The van der Waals surface area contributed by atoms with E-state index in [0.717, 1.165) is 18.5 Å². The second kappa shape index (κ2) is 2.82. The average molecular weight is 201 g/mol. The molecule has 3 rings (SSSR count). The van der Waals surface area contributed by atoms with Crippen molar-refractivity contribution in [3.63, 3.8) is 0 Å². The van der Waals surface area contributed by atoms with Gasteiger partial charge in [-0.15, -0.1) is 0 Å². The normalized spacial score (nSPS) is 15.7. The maximum atomic E-state index is 11.8. The van der Waals surface area contributed by atoms with Gasteiger partial charge in [-0.05, 0) is 25.0 Å². The van der Waals surface area contributed by atoms with E-state index in [9.17, 15) is 4.79 Å². The summed E-state index contributed by atoms with van der Waals surface area (Å²) >= 11 is 0. The first-order chi connectivity index (χ1) is 7.25. The molecule has 0 aliphatic heterocycles. The van der Waals surface area contributed by atoms with Crippen LogP contribution < -0.4 is 11.3 Å². The van der Waals surface area contributed by atoms with Crippen LogP contribution >= 0.6 is 0 Å². The van der Waals surface area contributed by atoms with Gasteiger partial charge in [-0.2, -0.15) is 0 Å². The molecule has 0 spiro atoms. The lowest BCUT2D eigenvalue weighted by molar-refractivity contribution is 0.959. The fraction of sp³-hybridized carbons (Fsp3) is 0.273. The molecule has 0 unspecified atom stereocenters. The van der Waals surface area contributed by atoms with Gasteiger partial charge in [0, 0.05) is 18.2 Å². The Hall–Kier alpha value is -1.84. The van der Waals surface area contributed by atoms with Gasteiger partial charge < -0.3 is 5.73 Å². The minimum absolute atomic E-state index is 0.0470. The van der Waals surface area contributed by atoms with Crippen LogP contribution in [0, 0.1) is 0 Å². The highest BCUT2D eigenvalue weighted by Crippen LogP contribution is 2.38. The SMILES string of the molecule is Nc1cccn2c(=O)cc(C3CC3)nc12. The zero-order valence-corrected chi connectivity index (χ0v) is 8.18. The fourth-order valence-corrected chi connectivity index (χ4v) is 1.75. The zero-order valence-electron chi connectivity index (χ0n) is 8.18. The fourth-order valence-electron chi connectivity index (χ4n) is 1.75. The number of anilines is 1. The number of nitrogens with zero attached hydrogens (tertiary/aromatic N) is 2. The minimum atomic E-state index is -0.0470. The zero-order chi connectivity index (χ0) is 10.4. The van der Waals surface area contributed by atoms with Crippen LogP contribution in [-0.4, -0.2) is 9.38 Å². The van der Waals surface area contributed by atoms with Crippen molar-refractivity contribution in [1.29, 1.82) is 0 Å². The maximum absolute atomic E-state index is 11.8. The highest BCUT2D eigenvalue weighted by Gasteiger charge is 2.25. The summed E-state index contributed by atoms with van der Waals surface area (Å²) in [4.78, 5) is 16.2. The van der Waals surface area contributed by atoms with Crippen LogP contribution in [0.4, 0.5) is 5.69 Å². The second-order valence-corrected chi connectivity index (χ2v) is 3.95. The van der Waals surface area contributed by atoms with Crippen molar-refractivity contribution in [3.05, 3.63) is 40.4 Å². The van der Waals surface area contributed by atoms with E-state index in [-0.39, 0.29) is 5.56 Å². The largest absolute Gasteiger partial charge is 0.396 e. The van der Waals surface area contributed by atoms with Crippen LogP contribution in [0.3, 0.4) is 0 Å². The summed E-state index contributed by atoms with van der Waals surface area (Å²) in [5, 5.41) is 0. The van der Waals surface area contributed by atoms with E-state index < -0.39 is 0 Å². The number of pyridine rings is 1. The molecule has 0 bridgehead atoms. The van der Waals surface area contributed by atoms with Crippen molar-refractivity contribution in [1.82, 2.24) is 9.38 Å². The quantitative estimate of drug-likeness (QED) is 0.753. The molecule has 1 aliphatic rings. The van der Waals surface area contributed by atoms with Crippen molar-refractivity contribution < 1.29 is 0 Å². The summed E-state index contributed by atoms with van der Waals surface area (Å²) in [5.41, 5.74) is 7.76. The number of fused-ring (bicyclic) bond motifs is 1. The van der Waals surface area contributed by atoms with Crippen molar-refractivity contribution in [2.24, 2.45) is 0 Å². The maximum Gasteiger partial charge on any atom is 0.258 e. The lowest BCUT2D eigenvalue weighted by Gasteiger charge is -2.04. The standard InChI is InChI=1S/C11H11N3O/c12-8-2-1-5-14-10(15)6-9(7-3-4-7)13-11(8)14/h1-2,5-7H,3-4,12H2. The van der Waals surface area contributed by atoms with E-state index >= 15 is 0 Å². The van der Waals surface area contributed by atoms with Gasteiger partial charge in [0.05, 0.1) is 11.4 Å². The third-order valence-electron chi connectivity index (χ3n) is 2.74. The molecule has 1 aliphatic carbocycles. The van der Waals surface area contributed by atoms with E-state index in [1.807, 2.05) is 0 Å². The molecular formula is C11H11N3O. The molecule has 2 heterocycles. The smallest absolute Gasteiger partial charge is 0.258 e. The number of hydrogen-bond acceptors (Lipinski definition) is 3. The summed E-state index contributed by atoms with van der Waals surface area (Å²) in [7, 11) is 0. The highest BCUT2D eigenvalue weighted by atomic mass is 16.1. The van der Waals surface area contributed by atoms with E-state index in [1.54, 1.807) is 24.4 Å². The monoisotopic (exact) mass is 201 g/mol. The Balaban J connectivity index is 2.37. The number of hydrogen-bond donors (Lipinski definition) is 1. The van der Waals surface area contributed by atoms with Gasteiger partial charge in [0.15, 0.2) is 5.65 Å². The third kappa shape index (κ3) is 1.29. The van der Waals surface area contributed by atoms with Gasteiger partial charge in [0.2, 0.25) is 0 Å². The molecule has 4 nitrogen and oxygen atoms in total. The van der Waals surface area contributed by atoms with Crippen LogP contribution in [0.25, 0.3) is 5.65 Å². The minimum Gasteiger partial charge on any atom is -0.396 e. The predicted molar refractivity (Wildman–Crippen MR) is 57.8 cm³/mol. The van der Waals surface area contributed by atoms with Gasteiger partial charge in [-0.25, -0.2) is 4.98 Å². The van der Waals surface area contributed by atoms with Crippen molar-refractivity contribution in [2.45, 2.75) is 18.8 Å². The van der Waals surface area contributed by atoms with E-state index in [1.165, 1.54) is 4.40 Å². The van der Waals surface area contributed by atoms with Gasteiger partial charge in [0.25, 0.3) is 5.56 Å². The van der Waals surface area contributed by atoms with E-state index in [2.05, 4.69) is 4.98 Å². The van der Waals surface area contributed by atoms with Crippen LogP contribution in [0.2, 0.25) is 0 Å². The summed E-state index contributed by atoms with van der Waals surface area (Å²) in [6, 6.07) is 5.13. The summed E-state index contributed by atoms with van der Waals surface area (Å²) in [6.45, 7) is 0. The van der Waals surface area contributed by atoms with E-state index in [0.29, 0.717) is 17.3 Å². The summed E-state index contributed by atoms with van der Waals surface area (Å²) < 4.78 is 1.49. The average Bonchev–Trinajstić information content (AvgIpc) is 3.02. The first kappa shape index (κ1) is 8.47. The number of nitrogens with two attached hydrogens (primary N) is 1. The van der Waals surface area contributed by atoms with Crippen molar-refractivity contribution in [3.8, 4) is 0 Å². The number of aromatic nitrogens is 2. The molecule has 15 heavy (non-hydrogen) atoms. The molecule has 0 radical (unpaired) electrons. The van der Waals surface area contributed by atoms with Crippen LogP contribution in [-0.2, 0) is 0 Å². The van der Waals surface area contributed by atoms with Crippen LogP contribution in [0.1, 0.15) is 24.5 Å². The lowest BCUT2D eigenvalue weighted by Crippen LogP contribution is -2.16. The first-order valence-corrected chi connectivity index (χ1v) is 5.03. The molecule has 0 saturated heterocycles. The van der Waals surface area contributed by atoms with E-state index in [4.69, 9.17) is 5.73 Å². The summed E-state index contributed by atoms with van der Waals surface area (Å²) in [5.74, 6) is 0.474. The molecular weight excluding hydrogens is 190 g/mol. The molecule has 0 atom stereocenters. The molecule has 2 N–H and O–H groups in total. The molecule has 2 aromatic rings. The molecule has 1 saturated carbocycles. The number of nitrogen functional groups attached to an aromatic ring is 1. The first-order valence-electron chi connectivity index (χ1n) is 5.03. The molecule has 4 heteroatoms. The highest BCUT2D eigenvalue weighted by molar-refractivity contribution is 5.64. The third-order valence-corrected chi connectivity index (χ3v) is 2.74. The van der Waals surface area contributed by atoms with Crippen molar-refractivity contribution in [2.75, 3.05) is 5.73 Å². The molecule has 0 amide bonds. The van der Waals surface area contributed by atoms with Crippen LogP contribution in [0.15, 0.2) is 29.2 Å². The lowest BCUT2D eigenvalue weighted by atomic mass is 10.2. The summed E-state index contributed by atoms with van der Waals surface area (Å²) in [6.07, 6.45) is 3.96. The molecule has 1 fully saturated rings. The van der Waals surface area contributed by atoms with Gasteiger partial charge in [0.1, 0.15) is 0 Å². The molecule has 76 valence electrons. The predicted octanol–water partition coefficient (Wildman–Crippen LogP) is 1.15. The second-order valence-electron chi connectivity index (χ2n) is 3.95. The van der Waals surface area contributed by atoms with Crippen LogP contribution in [0.5, 0.6) is 0 Å². The molecule has 2 aromatic heterocycles. The topological polar surface area (TPSA) is 60.4 Å². The van der Waals surface area contributed by atoms with Gasteiger partial charge >= 0.3 is 0 Å². The Morgan fingerprint density at radius 2 is 2.27 bits per heavy atom. The Labute approximate surface area is 86.4 Å². The van der Waals surface area contributed by atoms with Crippen molar-refractivity contribution >= 4 is 11.3 Å². The van der Waals surface area contributed by atoms with Gasteiger partial charge in [-0.3, -0.25) is 9.20 Å². The van der Waals surface area contributed by atoms with Gasteiger partial charge in [-0.1, -0.05) is 0 Å². The Morgan fingerprint density at radius 1 is 1.47 bits per heavy atom. The Bertz CT molecular complexity index is 584. The Kier molecular flexibility index (Phi) is 1.59. The number of rotatable bonds is 1.